The summed E-state index contributed by atoms with van der Waals surface area (Å²) in [5.74, 6) is 2.15. The summed E-state index contributed by atoms with van der Waals surface area (Å²) in [4.78, 5) is 1.24. The SMILES string of the molecule is COc1ccccc1SCC1(CCN)CC1. The van der Waals surface area contributed by atoms with Gasteiger partial charge in [0, 0.05) is 10.6 Å². The summed E-state index contributed by atoms with van der Waals surface area (Å²) >= 11 is 1.90. The van der Waals surface area contributed by atoms with Crippen LogP contribution in [-0.2, 0) is 0 Å². The van der Waals surface area contributed by atoms with Crippen molar-refractivity contribution >= 4 is 11.8 Å². The molecule has 0 heterocycles. The minimum Gasteiger partial charge on any atom is -0.496 e. The van der Waals surface area contributed by atoms with E-state index in [1.807, 2.05) is 23.9 Å². The molecule has 3 heteroatoms. The Bertz CT molecular complexity index is 350. The molecule has 0 unspecified atom stereocenters. The number of benzene rings is 1. The lowest BCUT2D eigenvalue weighted by Crippen LogP contribution is -2.11. The predicted molar refractivity (Wildman–Crippen MR) is 69.1 cm³/mol. The Balaban J connectivity index is 1.94. The van der Waals surface area contributed by atoms with Crippen LogP contribution in [0.15, 0.2) is 29.2 Å². The fraction of sp³-hybridized carbons (Fsp3) is 0.538. The molecule has 2 rings (SSSR count). The van der Waals surface area contributed by atoms with Gasteiger partial charge in [-0.25, -0.2) is 0 Å². The molecule has 16 heavy (non-hydrogen) atoms. The molecule has 0 radical (unpaired) electrons. The van der Waals surface area contributed by atoms with Crippen molar-refractivity contribution in [2.75, 3.05) is 19.4 Å². The molecular weight excluding hydrogens is 218 g/mol. The minimum atomic E-state index is 0.528. The van der Waals surface area contributed by atoms with Gasteiger partial charge in [-0.05, 0) is 43.4 Å². The fourth-order valence-electron chi connectivity index (χ4n) is 1.92. The van der Waals surface area contributed by atoms with Crippen molar-refractivity contribution in [2.45, 2.75) is 24.2 Å². The number of thioether (sulfide) groups is 1. The van der Waals surface area contributed by atoms with Gasteiger partial charge >= 0.3 is 0 Å². The molecule has 0 bridgehead atoms. The Morgan fingerprint density at radius 1 is 1.38 bits per heavy atom. The standard InChI is InChI=1S/C13H19NOS/c1-15-11-4-2-3-5-12(11)16-10-13(6-7-13)8-9-14/h2-5H,6-10,14H2,1H3. The summed E-state index contributed by atoms with van der Waals surface area (Å²) in [5.41, 5.74) is 6.17. The Morgan fingerprint density at radius 2 is 2.12 bits per heavy atom. The number of hydrogen-bond donors (Lipinski definition) is 1. The molecule has 0 aromatic heterocycles. The third-order valence-corrected chi connectivity index (χ3v) is 4.64. The molecule has 0 saturated heterocycles. The number of methoxy groups -OCH3 is 1. The fourth-order valence-corrected chi connectivity index (χ4v) is 3.28. The van der Waals surface area contributed by atoms with Gasteiger partial charge < -0.3 is 10.5 Å². The van der Waals surface area contributed by atoms with Crippen molar-refractivity contribution in [3.63, 3.8) is 0 Å². The Hall–Kier alpha value is -0.670. The summed E-state index contributed by atoms with van der Waals surface area (Å²) in [6, 6.07) is 8.22. The Morgan fingerprint density at radius 3 is 2.75 bits per heavy atom. The minimum absolute atomic E-state index is 0.528. The van der Waals surface area contributed by atoms with Crippen molar-refractivity contribution in [1.82, 2.24) is 0 Å². The zero-order chi connectivity index (χ0) is 11.4. The highest BCUT2D eigenvalue weighted by Crippen LogP contribution is 2.52. The summed E-state index contributed by atoms with van der Waals surface area (Å²) in [7, 11) is 1.73. The monoisotopic (exact) mass is 237 g/mol. The third kappa shape index (κ3) is 2.71. The van der Waals surface area contributed by atoms with Gasteiger partial charge in [-0.1, -0.05) is 12.1 Å². The predicted octanol–water partition coefficient (Wildman–Crippen LogP) is 2.92. The maximum atomic E-state index is 5.65. The highest BCUT2D eigenvalue weighted by Gasteiger charge is 2.41. The highest BCUT2D eigenvalue weighted by molar-refractivity contribution is 7.99. The molecule has 1 aliphatic rings. The van der Waals surface area contributed by atoms with E-state index in [1.54, 1.807) is 7.11 Å². The lowest BCUT2D eigenvalue weighted by Gasteiger charge is -2.14. The Labute approximate surface area is 102 Å². The van der Waals surface area contributed by atoms with E-state index in [9.17, 15) is 0 Å². The number of nitrogens with two attached hydrogens (primary N) is 1. The molecule has 2 N–H and O–H groups in total. The maximum absolute atomic E-state index is 5.65. The molecule has 1 aromatic carbocycles. The normalized spacial score (nSPS) is 17.1. The van der Waals surface area contributed by atoms with E-state index >= 15 is 0 Å². The van der Waals surface area contributed by atoms with Gasteiger partial charge in [0.05, 0.1) is 7.11 Å². The van der Waals surface area contributed by atoms with Crippen LogP contribution in [0.3, 0.4) is 0 Å². The van der Waals surface area contributed by atoms with Crippen LogP contribution in [0, 0.1) is 5.41 Å². The van der Waals surface area contributed by atoms with Gasteiger partial charge in [0.15, 0.2) is 0 Å². The van der Waals surface area contributed by atoms with Crippen molar-refractivity contribution < 1.29 is 4.74 Å². The van der Waals surface area contributed by atoms with E-state index in [0.29, 0.717) is 5.41 Å². The smallest absolute Gasteiger partial charge is 0.132 e. The molecule has 1 aliphatic carbocycles. The van der Waals surface area contributed by atoms with Crippen LogP contribution in [0.5, 0.6) is 5.75 Å². The van der Waals surface area contributed by atoms with Crippen LogP contribution < -0.4 is 10.5 Å². The average molecular weight is 237 g/mol. The highest BCUT2D eigenvalue weighted by atomic mass is 32.2. The van der Waals surface area contributed by atoms with E-state index in [4.69, 9.17) is 10.5 Å². The van der Waals surface area contributed by atoms with E-state index in [2.05, 4.69) is 12.1 Å². The van der Waals surface area contributed by atoms with Crippen LogP contribution in [0.4, 0.5) is 0 Å². The van der Waals surface area contributed by atoms with Gasteiger partial charge in [0.25, 0.3) is 0 Å². The number of hydrogen-bond acceptors (Lipinski definition) is 3. The van der Waals surface area contributed by atoms with Crippen molar-refractivity contribution in [1.29, 1.82) is 0 Å². The lowest BCUT2D eigenvalue weighted by molar-refractivity contribution is 0.404. The third-order valence-electron chi connectivity index (χ3n) is 3.23. The van der Waals surface area contributed by atoms with Crippen LogP contribution in [0.1, 0.15) is 19.3 Å². The second-order valence-electron chi connectivity index (χ2n) is 4.48. The van der Waals surface area contributed by atoms with Crippen LogP contribution in [0.25, 0.3) is 0 Å². The van der Waals surface area contributed by atoms with Crippen LogP contribution >= 0.6 is 11.8 Å². The Kier molecular flexibility index (Phi) is 3.77. The van der Waals surface area contributed by atoms with Crippen LogP contribution in [0.2, 0.25) is 0 Å². The molecule has 2 nitrogen and oxygen atoms in total. The van der Waals surface area contributed by atoms with E-state index < -0.39 is 0 Å². The molecule has 1 saturated carbocycles. The lowest BCUT2D eigenvalue weighted by atomic mass is 10.1. The summed E-state index contributed by atoms with van der Waals surface area (Å²) in [5, 5.41) is 0. The molecule has 0 atom stereocenters. The van der Waals surface area contributed by atoms with E-state index in [-0.39, 0.29) is 0 Å². The van der Waals surface area contributed by atoms with Crippen LogP contribution in [-0.4, -0.2) is 19.4 Å². The average Bonchev–Trinajstić information content (AvgIpc) is 3.08. The van der Waals surface area contributed by atoms with E-state index in [1.165, 1.54) is 23.5 Å². The van der Waals surface area contributed by atoms with Gasteiger partial charge in [0.1, 0.15) is 5.75 Å². The van der Waals surface area contributed by atoms with Gasteiger partial charge in [-0.15, -0.1) is 11.8 Å². The first kappa shape index (κ1) is 11.8. The molecule has 88 valence electrons. The largest absolute Gasteiger partial charge is 0.496 e. The van der Waals surface area contributed by atoms with Gasteiger partial charge in [-0.3, -0.25) is 0 Å². The molecule has 1 fully saturated rings. The molecule has 0 amide bonds. The second-order valence-corrected chi connectivity index (χ2v) is 5.50. The molecule has 1 aromatic rings. The number of para-hydroxylation sites is 1. The first-order valence-corrected chi connectivity index (χ1v) is 6.74. The first-order chi connectivity index (χ1) is 7.79. The zero-order valence-corrected chi connectivity index (χ0v) is 10.6. The topological polar surface area (TPSA) is 35.2 Å². The second kappa shape index (κ2) is 5.11. The summed E-state index contributed by atoms with van der Waals surface area (Å²) in [6.45, 7) is 0.812. The van der Waals surface area contributed by atoms with Gasteiger partial charge in [0.2, 0.25) is 0 Å². The molecule has 0 aliphatic heterocycles. The molecule has 0 spiro atoms. The van der Waals surface area contributed by atoms with Gasteiger partial charge in [-0.2, -0.15) is 0 Å². The quantitative estimate of drug-likeness (QED) is 0.773. The van der Waals surface area contributed by atoms with E-state index in [0.717, 1.165) is 18.7 Å². The van der Waals surface area contributed by atoms with Crippen molar-refractivity contribution in [3.05, 3.63) is 24.3 Å². The zero-order valence-electron chi connectivity index (χ0n) is 9.74. The summed E-state index contributed by atoms with van der Waals surface area (Å²) in [6.07, 6.45) is 3.84. The number of ether oxygens (including phenoxy) is 1. The van der Waals surface area contributed by atoms with Crippen molar-refractivity contribution in [3.8, 4) is 5.75 Å². The summed E-state index contributed by atoms with van der Waals surface area (Å²) < 4.78 is 5.35. The number of rotatable bonds is 6. The molecular formula is C13H19NOS. The maximum Gasteiger partial charge on any atom is 0.132 e. The van der Waals surface area contributed by atoms with Crippen molar-refractivity contribution in [2.24, 2.45) is 11.1 Å². The first-order valence-electron chi connectivity index (χ1n) is 5.75.